The molecule has 0 aliphatic carbocycles. The Morgan fingerprint density at radius 2 is 2.03 bits per heavy atom. The minimum atomic E-state index is -0.282. The fraction of sp³-hybridized carbons (Fsp3) is 0.429. The second-order valence-corrected chi connectivity index (χ2v) is 10.0. The Morgan fingerprint density at radius 1 is 1.19 bits per heavy atom. The molecule has 0 radical (unpaired) electrons. The summed E-state index contributed by atoms with van der Waals surface area (Å²) in [5.41, 5.74) is 5.02. The highest BCUT2D eigenvalue weighted by atomic mass is 16.5. The number of benzene rings is 2. The van der Waals surface area contributed by atoms with Gasteiger partial charge in [-0.25, -0.2) is 0 Å². The van der Waals surface area contributed by atoms with Crippen LogP contribution in [0.15, 0.2) is 48.8 Å². The van der Waals surface area contributed by atoms with E-state index in [2.05, 4.69) is 51.3 Å². The Hall–Kier alpha value is -3.36. The summed E-state index contributed by atoms with van der Waals surface area (Å²) in [6, 6.07) is 11.7. The first kappa shape index (κ1) is 25.7. The van der Waals surface area contributed by atoms with Crippen molar-refractivity contribution in [1.82, 2.24) is 20.0 Å². The van der Waals surface area contributed by atoms with E-state index < -0.39 is 0 Å². The quantitative estimate of drug-likeness (QED) is 0.445. The second kappa shape index (κ2) is 11.6. The van der Waals surface area contributed by atoms with Crippen LogP contribution in [0, 0.1) is 5.92 Å². The Bertz CT molecular complexity index is 1160. The first-order valence-corrected chi connectivity index (χ1v) is 12.5. The SMILES string of the molecule is COc1ccc2c(c1)C[C@H](C(=O)Nc1ccc(-c3cn[nH]c3)cc1OCCN(C)C)N(CC(C)C)C2. The predicted molar refractivity (Wildman–Crippen MR) is 142 cm³/mol. The van der Waals surface area contributed by atoms with E-state index in [1.807, 2.05) is 44.6 Å². The van der Waals surface area contributed by atoms with E-state index in [1.165, 1.54) is 5.56 Å². The summed E-state index contributed by atoms with van der Waals surface area (Å²) in [6.07, 6.45) is 4.25. The van der Waals surface area contributed by atoms with Gasteiger partial charge in [-0.05, 0) is 67.4 Å². The average molecular weight is 492 g/mol. The zero-order valence-corrected chi connectivity index (χ0v) is 21.9. The summed E-state index contributed by atoms with van der Waals surface area (Å²) in [5, 5.41) is 10.1. The molecule has 2 heterocycles. The summed E-state index contributed by atoms with van der Waals surface area (Å²) in [4.78, 5) is 18.1. The zero-order valence-electron chi connectivity index (χ0n) is 21.9. The van der Waals surface area contributed by atoms with Crippen molar-refractivity contribution in [1.29, 1.82) is 0 Å². The highest BCUT2D eigenvalue weighted by Crippen LogP contribution is 2.33. The van der Waals surface area contributed by atoms with Crippen molar-refractivity contribution in [3.8, 4) is 22.6 Å². The third-order valence-corrected chi connectivity index (χ3v) is 6.41. The molecule has 0 unspecified atom stereocenters. The smallest absolute Gasteiger partial charge is 0.242 e. The van der Waals surface area contributed by atoms with Gasteiger partial charge in [0.2, 0.25) is 5.91 Å². The van der Waals surface area contributed by atoms with Crippen LogP contribution in [-0.4, -0.2) is 72.8 Å². The Kier molecular flexibility index (Phi) is 8.28. The molecule has 1 aliphatic rings. The van der Waals surface area contributed by atoms with Gasteiger partial charge in [0.05, 0.1) is 25.0 Å². The summed E-state index contributed by atoms with van der Waals surface area (Å²) in [6.45, 7) is 7.23. The van der Waals surface area contributed by atoms with Crippen molar-refractivity contribution < 1.29 is 14.3 Å². The maximum absolute atomic E-state index is 13.7. The van der Waals surface area contributed by atoms with Crippen LogP contribution in [0.1, 0.15) is 25.0 Å². The molecule has 2 aromatic carbocycles. The molecule has 2 N–H and O–H groups in total. The van der Waals surface area contributed by atoms with E-state index in [-0.39, 0.29) is 11.9 Å². The zero-order chi connectivity index (χ0) is 25.7. The van der Waals surface area contributed by atoms with Crippen molar-refractivity contribution in [2.24, 2.45) is 5.92 Å². The van der Waals surface area contributed by atoms with Crippen LogP contribution in [0.25, 0.3) is 11.1 Å². The van der Waals surface area contributed by atoms with Crippen LogP contribution >= 0.6 is 0 Å². The first-order chi connectivity index (χ1) is 17.3. The molecule has 0 saturated heterocycles. The van der Waals surface area contributed by atoms with E-state index in [4.69, 9.17) is 9.47 Å². The number of methoxy groups -OCH3 is 1. The van der Waals surface area contributed by atoms with Gasteiger partial charge < -0.3 is 19.7 Å². The molecule has 0 spiro atoms. The molecule has 4 rings (SSSR count). The van der Waals surface area contributed by atoms with Gasteiger partial charge >= 0.3 is 0 Å². The monoisotopic (exact) mass is 491 g/mol. The molecule has 8 nitrogen and oxygen atoms in total. The highest BCUT2D eigenvalue weighted by Gasteiger charge is 2.32. The number of H-pyrrole nitrogens is 1. The molecule has 0 fully saturated rings. The van der Waals surface area contributed by atoms with E-state index in [0.29, 0.717) is 30.4 Å². The van der Waals surface area contributed by atoms with Crippen LogP contribution in [0.3, 0.4) is 0 Å². The number of nitrogens with zero attached hydrogens (tertiary/aromatic N) is 3. The van der Waals surface area contributed by atoms with Crippen molar-refractivity contribution in [3.05, 3.63) is 59.9 Å². The summed E-state index contributed by atoms with van der Waals surface area (Å²) >= 11 is 0. The van der Waals surface area contributed by atoms with Gasteiger partial charge in [-0.15, -0.1) is 0 Å². The van der Waals surface area contributed by atoms with Crippen LogP contribution in [0.2, 0.25) is 0 Å². The van der Waals surface area contributed by atoms with E-state index in [1.54, 1.807) is 13.3 Å². The van der Waals surface area contributed by atoms with Crippen molar-refractivity contribution in [3.63, 3.8) is 0 Å². The average Bonchev–Trinajstić information content (AvgIpc) is 3.38. The number of aromatic amines is 1. The van der Waals surface area contributed by atoms with Crippen LogP contribution < -0.4 is 14.8 Å². The van der Waals surface area contributed by atoms with Crippen LogP contribution in [0.5, 0.6) is 11.5 Å². The summed E-state index contributed by atoms with van der Waals surface area (Å²) in [5.74, 6) is 1.88. The lowest BCUT2D eigenvalue weighted by Crippen LogP contribution is -2.49. The molecule has 36 heavy (non-hydrogen) atoms. The Labute approximate surface area is 213 Å². The minimum Gasteiger partial charge on any atom is -0.497 e. The number of hydrogen-bond donors (Lipinski definition) is 2. The summed E-state index contributed by atoms with van der Waals surface area (Å²) < 4.78 is 11.6. The Balaban J connectivity index is 1.59. The molecule has 1 amide bonds. The molecule has 0 saturated carbocycles. The maximum Gasteiger partial charge on any atom is 0.242 e. The molecule has 192 valence electrons. The van der Waals surface area contributed by atoms with Gasteiger partial charge in [-0.3, -0.25) is 14.8 Å². The van der Waals surface area contributed by atoms with E-state index in [9.17, 15) is 4.79 Å². The molecular formula is C28H37N5O3. The van der Waals surface area contributed by atoms with Crippen molar-refractivity contribution in [2.45, 2.75) is 32.9 Å². The molecular weight excluding hydrogens is 454 g/mol. The third kappa shape index (κ3) is 6.25. The number of aromatic nitrogens is 2. The third-order valence-electron chi connectivity index (χ3n) is 6.41. The van der Waals surface area contributed by atoms with Gasteiger partial charge in [0.15, 0.2) is 0 Å². The van der Waals surface area contributed by atoms with Crippen molar-refractivity contribution >= 4 is 11.6 Å². The van der Waals surface area contributed by atoms with E-state index in [0.717, 1.165) is 42.1 Å². The van der Waals surface area contributed by atoms with E-state index >= 15 is 0 Å². The number of amides is 1. The van der Waals surface area contributed by atoms with Gasteiger partial charge in [0.1, 0.15) is 18.1 Å². The summed E-state index contributed by atoms with van der Waals surface area (Å²) in [7, 11) is 5.69. The number of likely N-dealkylation sites (N-methyl/N-ethyl adjacent to an activating group) is 1. The Morgan fingerprint density at radius 3 is 2.72 bits per heavy atom. The molecule has 1 atom stereocenters. The minimum absolute atomic E-state index is 0.0300. The number of carbonyl (C=O) groups excluding carboxylic acids is 1. The van der Waals surface area contributed by atoms with Crippen LogP contribution in [0.4, 0.5) is 5.69 Å². The number of hydrogen-bond acceptors (Lipinski definition) is 6. The van der Waals surface area contributed by atoms with Gasteiger partial charge in [-0.2, -0.15) is 5.10 Å². The molecule has 3 aromatic rings. The predicted octanol–water partition coefficient (Wildman–Crippen LogP) is 4.05. The van der Waals surface area contributed by atoms with Gasteiger partial charge in [0.25, 0.3) is 0 Å². The molecule has 0 bridgehead atoms. The van der Waals surface area contributed by atoms with Crippen LogP contribution in [-0.2, 0) is 17.8 Å². The van der Waals surface area contributed by atoms with Gasteiger partial charge in [-0.1, -0.05) is 26.0 Å². The number of anilines is 1. The normalized spacial score (nSPS) is 15.7. The standard InChI is InChI=1S/C28H37N5O3/c1-19(2)17-33-18-21-6-8-24(35-5)12-22(21)13-26(33)28(34)31-25-9-7-20(23-15-29-30-16-23)14-27(25)36-11-10-32(3)4/h6-9,12,14-16,19,26H,10-11,13,17-18H2,1-5H3,(H,29,30)(H,31,34)/t26-/m1/s1. The highest BCUT2D eigenvalue weighted by molar-refractivity contribution is 5.97. The number of ether oxygens (including phenoxy) is 2. The number of carbonyl (C=O) groups is 1. The lowest BCUT2D eigenvalue weighted by atomic mass is 9.92. The molecule has 1 aromatic heterocycles. The fourth-order valence-corrected chi connectivity index (χ4v) is 4.55. The first-order valence-electron chi connectivity index (χ1n) is 12.5. The fourth-order valence-electron chi connectivity index (χ4n) is 4.55. The van der Waals surface area contributed by atoms with Gasteiger partial charge in [0, 0.05) is 31.4 Å². The second-order valence-electron chi connectivity index (χ2n) is 10.0. The number of nitrogens with one attached hydrogen (secondary N) is 2. The molecule has 1 aliphatic heterocycles. The maximum atomic E-state index is 13.7. The van der Waals surface area contributed by atoms with Crippen molar-refractivity contribution in [2.75, 3.05) is 46.2 Å². The lowest BCUT2D eigenvalue weighted by molar-refractivity contribution is -0.122. The molecule has 8 heteroatoms. The number of rotatable bonds is 10. The largest absolute Gasteiger partial charge is 0.497 e. The number of fused-ring (bicyclic) bond motifs is 1. The lowest BCUT2D eigenvalue weighted by Gasteiger charge is -2.37. The topological polar surface area (TPSA) is 82.7 Å².